The van der Waals surface area contributed by atoms with Crippen LogP contribution in [0.2, 0.25) is 0 Å². The highest BCUT2D eigenvalue weighted by Gasteiger charge is 2.20. The Balaban J connectivity index is 1.46. The number of hydrogen-bond acceptors (Lipinski definition) is 4. The molecule has 0 bridgehead atoms. The summed E-state index contributed by atoms with van der Waals surface area (Å²) in [5.74, 6) is 1.10. The highest BCUT2D eigenvalue weighted by atomic mass is 16.5. The molecule has 0 atom stereocenters. The average Bonchev–Trinajstić information content (AvgIpc) is 2.81. The molecule has 1 aliphatic rings. The van der Waals surface area contributed by atoms with Crippen molar-refractivity contribution in [2.45, 2.75) is 38.7 Å². The first-order chi connectivity index (χ1) is 14.7. The fraction of sp³-hybridized carbons (Fsp3) is 0.417. The third-order valence-corrected chi connectivity index (χ3v) is 5.35. The lowest BCUT2D eigenvalue weighted by Crippen LogP contribution is -2.38. The van der Waals surface area contributed by atoms with Crippen molar-refractivity contribution in [3.8, 4) is 11.5 Å². The fourth-order valence-electron chi connectivity index (χ4n) is 3.64. The van der Waals surface area contributed by atoms with E-state index in [1.54, 1.807) is 25.3 Å². The first kappa shape index (κ1) is 21.7. The molecule has 30 heavy (non-hydrogen) atoms. The Labute approximate surface area is 178 Å². The van der Waals surface area contributed by atoms with Crippen LogP contribution < -0.4 is 20.1 Å². The molecule has 6 nitrogen and oxygen atoms in total. The van der Waals surface area contributed by atoms with Gasteiger partial charge in [-0.25, -0.2) is 0 Å². The summed E-state index contributed by atoms with van der Waals surface area (Å²) in [5.41, 5.74) is 1.54. The van der Waals surface area contributed by atoms with E-state index in [-0.39, 0.29) is 17.7 Å². The zero-order valence-corrected chi connectivity index (χ0v) is 17.5. The number of amides is 2. The minimum absolute atomic E-state index is 0.102. The van der Waals surface area contributed by atoms with Crippen molar-refractivity contribution < 1.29 is 19.1 Å². The van der Waals surface area contributed by atoms with Crippen LogP contribution in [-0.2, 0) is 11.4 Å². The Hall–Kier alpha value is -3.02. The van der Waals surface area contributed by atoms with Crippen LogP contribution in [0.15, 0.2) is 48.5 Å². The quantitative estimate of drug-likeness (QED) is 0.618. The minimum Gasteiger partial charge on any atom is -0.493 e. The molecule has 6 heteroatoms. The first-order valence-electron chi connectivity index (χ1n) is 10.6. The van der Waals surface area contributed by atoms with Crippen molar-refractivity contribution in [3.63, 3.8) is 0 Å². The van der Waals surface area contributed by atoms with Crippen LogP contribution in [0, 0.1) is 5.92 Å². The smallest absolute Gasteiger partial charge is 0.251 e. The van der Waals surface area contributed by atoms with E-state index in [0.717, 1.165) is 31.2 Å². The first-order valence-corrected chi connectivity index (χ1v) is 10.6. The van der Waals surface area contributed by atoms with Gasteiger partial charge >= 0.3 is 0 Å². The third kappa shape index (κ3) is 6.24. The molecule has 160 valence electrons. The summed E-state index contributed by atoms with van der Waals surface area (Å²) in [5, 5.41) is 5.76. The second-order valence-electron chi connectivity index (χ2n) is 7.52. The maximum atomic E-state index is 12.4. The van der Waals surface area contributed by atoms with E-state index in [0.29, 0.717) is 36.8 Å². The van der Waals surface area contributed by atoms with Gasteiger partial charge in [0.1, 0.15) is 6.61 Å². The van der Waals surface area contributed by atoms with Crippen molar-refractivity contribution in [1.82, 2.24) is 10.6 Å². The Morgan fingerprint density at radius 1 is 0.933 bits per heavy atom. The molecule has 1 aliphatic carbocycles. The molecule has 2 N–H and O–H groups in total. The van der Waals surface area contributed by atoms with Gasteiger partial charge in [-0.3, -0.25) is 9.59 Å². The maximum Gasteiger partial charge on any atom is 0.251 e. The van der Waals surface area contributed by atoms with Gasteiger partial charge in [-0.2, -0.15) is 0 Å². The second kappa shape index (κ2) is 11.2. The summed E-state index contributed by atoms with van der Waals surface area (Å²) in [6.07, 6.45) is 5.41. The van der Waals surface area contributed by atoms with Crippen LogP contribution >= 0.6 is 0 Å². The van der Waals surface area contributed by atoms with Gasteiger partial charge in [-0.05, 0) is 36.6 Å². The van der Waals surface area contributed by atoms with E-state index in [2.05, 4.69) is 10.6 Å². The Morgan fingerprint density at radius 2 is 1.67 bits per heavy atom. The maximum absolute atomic E-state index is 12.4. The molecule has 3 rings (SSSR count). The van der Waals surface area contributed by atoms with E-state index in [9.17, 15) is 9.59 Å². The van der Waals surface area contributed by atoms with Gasteiger partial charge in [-0.1, -0.05) is 49.6 Å². The number of rotatable bonds is 9. The lowest BCUT2D eigenvalue weighted by molar-refractivity contribution is -0.125. The van der Waals surface area contributed by atoms with E-state index in [1.165, 1.54) is 6.42 Å². The summed E-state index contributed by atoms with van der Waals surface area (Å²) in [6.45, 7) is 1.23. The number of hydrogen-bond donors (Lipinski definition) is 2. The normalized spacial score (nSPS) is 14.0. The van der Waals surface area contributed by atoms with Gasteiger partial charge in [0.15, 0.2) is 11.5 Å². The third-order valence-electron chi connectivity index (χ3n) is 5.35. The number of carbonyl (C=O) groups is 2. The number of benzene rings is 2. The molecule has 2 amide bonds. The SMILES string of the molecule is COc1cc(C(=O)NCCNC(=O)C2CCCCC2)ccc1OCc1ccccc1. The number of methoxy groups -OCH3 is 1. The number of ether oxygens (including phenoxy) is 2. The highest BCUT2D eigenvalue weighted by molar-refractivity contribution is 5.94. The summed E-state index contributed by atoms with van der Waals surface area (Å²) >= 11 is 0. The molecule has 0 unspecified atom stereocenters. The molecule has 1 saturated carbocycles. The van der Waals surface area contributed by atoms with Gasteiger partial charge in [0, 0.05) is 24.6 Å². The van der Waals surface area contributed by atoms with Crippen LogP contribution in [0.4, 0.5) is 0 Å². The molecule has 0 aliphatic heterocycles. The number of nitrogens with one attached hydrogen (secondary N) is 2. The molecule has 0 spiro atoms. The minimum atomic E-state index is -0.213. The summed E-state index contributed by atoms with van der Waals surface area (Å²) in [6, 6.07) is 15.0. The molecular formula is C24H30N2O4. The van der Waals surface area contributed by atoms with Gasteiger partial charge in [0.05, 0.1) is 7.11 Å². The molecule has 1 fully saturated rings. The van der Waals surface area contributed by atoms with Gasteiger partial charge in [0.2, 0.25) is 5.91 Å². The fourth-order valence-corrected chi connectivity index (χ4v) is 3.64. The standard InChI is InChI=1S/C24H30N2O4/c1-29-22-16-20(12-13-21(22)30-17-18-8-4-2-5-9-18)24(28)26-15-14-25-23(27)19-10-6-3-7-11-19/h2,4-5,8-9,12-13,16,19H,3,6-7,10-11,14-15,17H2,1H3,(H,25,27)(H,26,28). The zero-order chi connectivity index (χ0) is 21.2. The van der Waals surface area contributed by atoms with Crippen molar-refractivity contribution in [3.05, 3.63) is 59.7 Å². The van der Waals surface area contributed by atoms with Crippen molar-refractivity contribution in [2.24, 2.45) is 5.92 Å². The van der Waals surface area contributed by atoms with Crippen LogP contribution in [0.1, 0.15) is 48.0 Å². The number of carbonyl (C=O) groups excluding carboxylic acids is 2. The molecule has 0 aromatic heterocycles. The van der Waals surface area contributed by atoms with Crippen LogP contribution in [0.3, 0.4) is 0 Å². The Morgan fingerprint density at radius 3 is 2.40 bits per heavy atom. The molecule has 0 radical (unpaired) electrons. The second-order valence-corrected chi connectivity index (χ2v) is 7.52. The van der Waals surface area contributed by atoms with Crippen LogP contribution in [0.5, 0.6) is 11.5 Å². The van der Waals surface area contributed by atoms with Crippen molar-refractivity contribution >= 4 is 11.8 Å². The van der Waals surface area contributed by atoms with Crippen molar-refractivity contribution in [1.29, 1.82) is 0 Å². The summed E-state index contributed by atoms with van der Waals surface area (Å²) < 4.78 is 11.2. The Kier molecular flexibility index (Phi) is 8.12. The molecule has 0 heterocycles. The molecule has 2 aromatic rings. The zero-order valence-electron chi connectivity index (χ0n) is 17.5. The van der Waals surface area contributed by atoms with E-state index < -0.39 is 0 Å². The van der Waals surface area contributed by atoms with Gasteiger partial charge in [0.25, 0.3) is 5.91 Å². The average molecular weight is 411 g/mol. The monoisotopic (exact) mass is 410 g/mol. The molecule has 0 saturated heterocycles. The predicted molar refractivity (Wildman–Crippen MR) is 116 cm³/mol. The van der Waals surface area contributed by atoms with E-state index >= 15 is 0 Å². The predicted octanol–water partition coefficient (Wildman–Crippen LogP) is 3.70. The molecular weight excluding hydrogens is 380 g/mol. The van der Waals surface area contributed by atoms with Crippen molar-refractivity contribution in [2.75, 3.05) is 20.2 Å². The van der Waals surface area contributed by atoms with Crippen LogP contribution in [0.25, 0.3) is 0 Å². The van der Waals surface area contributed by atoms with E-state index in [4.69, 9.17) is 9.47 Å². The lowest BCUT2D eigenvalue weighted by Gasteiger charge is -2.20. The van der Waals surface area contributed by atoms with Gasteiger partial charge < -0.3 is 20.1 Å². The van der Waals surface area contributed by atoms with Gasteiger partial charge in [-0.15, -0.1) is 0 Å². The Bertz CT molecular complexity index is 832. The highest BCUT2D eigenvalue weighted by Crippen LogP contribution is 2.29. The molecule has 2 aromatic carbocycles. The summed E-state index contributed by atoms with van der Waals surface area (Å²) in [7, 11) is 1.55. The topological polar surface area (TPSA) is 76.7 Å². The van der Waals surface area contributed by atoms with E-state index in [1.807, 2.05) is 30.3 Å². The van der Waals surface area contributed by atoms with Crippen LogP contribution in [-0.4, -0.2) is 32.0 Å². The summed E-state index contributed by atoms with van der Waals surface area (Å²) in [4.78, 5) is 24.6. The largest absolute Gasteiger partial charge is 0.493 e. The lowest BCUT2D eigenvalue weighted by atomic mass is 9.89.